The van der Waals surface area contributed by atoms with Gasteiger partial charge in [0.15, 0.2) is 9.84 Å². The molecule has 1 aliphatic rings. The number of aryl methyl sites for hydroxylation is 1. The van der Waals surface area contributed by atoms with Gasteiger partial charge in [0.2, 0.25) is 0 Å². The van der Waals surface area contributed by atoms with E-state index in [9.17, 15) is 8.42 Å². The van der Waals surface area contributed by atoms with Gasteiger partial charge in [-0.3, -0.25) is 0 Å². The Morgan fingerprint density at radius 3 is 2.68 bits per heavy atom. The summed E-state index contributed by atoms with van der Waals surface area (Å²) in [6, 6.07) is 5.23. The lowest BCUT2D eigenvalue weighted by Crippen LogP contribution is -2.28. The number of nitrogen functional groups attached to an aromatic ring is 1. The van der Waals surface area contributed by atoms with Crippen LogP contribution in [0.3, 0.4) is 0 Å². The third kappa shape index (κ3) is 2.94. The molecule has 19 heavy (non-hydrogen) atoms. The minimum atomic E-state index is -3.28. The van der Waals surface area contributed by atoms with Gasteiger partial charge in [0.1, 0.15) is 0 Å². The largest absolute Gasteiger partial charge is 0.398 e. The van der Waals surface area contributed by atoms with Crippen LogP contribution in [0.25, 0.3) is 0 Å². The number of hydrogen-bond acceptors (Lipinski definition) is 3. The van der Waals surface area contributed by atoms with Crippen LogP contribution in [0.2, 0.25) is 0 Å². The summed E-state index contributed by atoms with van der Waals surface area (Å²) < 4.78 is 25.4. The molecule has 2 N–H and O–H groups in total. The molecule has 0 aromatic heterocycles. The van der Waals surface area contributed by atoms with E-state index in [0.29, 0.717) is 16.5 Å². The summed E-state index contributed by atoms with van der Waals surface area (Å²) in [5.74, 6) is 0.542. The molecule has 106 valence electrons. The lowest BCUT2D eigenvalue weighted by atomic mass is 9.87. The van der Waals surface area contributed by atoms with Gasteiger partial charge in [0.05, 0.1) is 15.8 Å². The van der Waals surface area contributed by atoms with E-state index in [1.807, 2.05) is 13.0 Å². The summed E-state index contributed by atoms with van der Waals surface area (Å²) in [7, 11) is -3.28. The van der Waals surface area contributed by atoms with Crippen LogP contribution in [-0.4, -0.2) is 13.7 Å². The minimum absolute atomic E-state index is 0.254. The molecule has 0 aliphatic heterocycles. The summed E-state index contributed by atoms with van der Waals surface area (Å²) in [5, 5.41) is -0.254. The average Bonchev–Trinajstić information content (AvgIpc) is 2.38. The molecule has 1 saturated carbocycles. The lowest BCUT2D eigenvalue weighted by molar-refractivity contribution is 0.348. The Bertz CT molecular complexity index is 551. The molecule has 1 aliphatic carbocycles. The van der Waals surface area contributed by atoms with Crippen molar-refractivity contribution in [2.75, 3.05) is 5.73 Å². The van der Waals surface area contributed by atoms with Crippen LogP contribution in [0, 0.1) is 12.8 Å². The standard InChI is InChI=1S/C15H23NO2S/c1-3-12-5-4-6-13(10-12)19(17,18)15-8-7-11(2)9-14(15)16/h7-9,12-13H,3-6,10,16H2,1-2H3. The van der Waals surface area contributed by atoms with E-state index < -0.39 is 9.84 Å². The number of anilines is 1. The second kappa shape index (κ2) is 5.53. The van der Waals surface area contributed by atoms with Crippen molar-refractivity contribution in [3.63, 3.8) is 0 Å². The van der Waals surface area contributed by atoms with Crippen LogP contribution < -0.4 is 5.73 Å². The number of rotatable bonds is 3. The summed E-state index contributed by atoms with van der Waals surface area (Å²) in [4.78, 5) is 0.319. The van der Waals surface area contributed by atoms with Gasteiger partial charge in [-0.05, 0) is 43.4 Å². The SMILES string of the molecule is CCC1CCCC(S(=O)(=O)c2ccc(C)cc2N)C1. The van der Waals surface area contributed by atoms with Crippen LogP contribution in [0.4, 0.5) is 5.69 Å². The molecule has 0 spiro atoms. The Kier molecular flexibility index (Phi) is 4.19. The maximum absolute atomic E-state index is 12.7. The van der Waals surface area contributed by atoms with Crippen LogP contribution in [0.15, 0.2) is 23.1 Å². The van der Waals surface area contributed by atoms with Crippen LogP contribution in [0.5, 0.6) is 0 Å². The maximum atomic E-state index is 12.7. The van der Waals surface area contributed by atoms with Crippen LogP contribution in [-0.2, 0) is 9.84 Å². The molecule has 0 amide bonds. The summed E-state index contributed by atoms with van der Waals surface area (Å²) in [6.45, 7) is 4.06. The molecule has 2 unspecified atom stereocenters. The number of benzene rings is 1. The van der Waals surface area contributed by atoms with Gasteiger partial charge in [-0.15, -0.1) is 0 Å². The zero-order valence-electron chi connectivity index (χ0n) is 11.7. The fourth-order valence-corrected chi connectivity index (χ4v) is 5.01. The molecule has 1 aromatic carbocycles. The summed E-state index contributed by atoms with van der Waals surface area (Å²) >= 11 is 0. The minimum Gasteiger partial charge on any atom is -0.398 e. The zero-order chi connectivity index (χ0) is 14.0. The molecule has 1 aromatic rings. The molecular weight excluding hydrogens is 258 g/mol. The maximum Gasteiger partial charge on any atom is 0.183 e. The van der Waals surface area contributed by atoms with Gasteiger partial charge in [0, 0.05) is 0 Å². The molecule has 1 fully saturated rings. The molecule has 0 heterocycles. The second-order valence-corrected chi connectivity index (χ2v) is 7.85. The van der Waals surface area contributed by atoms with Gasteiger partial charge in [-0.1, -0.05) is 32.3 Å². The van der Waals surface area contributed by atoms with Crippen molar-refractivity contribution in [2.24, 2.45) is 5.92 Å². The Morgan fingerprint density at radius 1 is 1.32 bits per heavy atom. The van der Waals surface area contributed by atoms with Crippen molar-refractivity contribution < 1.29 is 8.42 Å². The van der Waals surface area contributed by atoms with E-state index >= 15 is 0 Å². The molecule has 0 radical (unpaired) electrons. The molecule has 0 saturated heterocycles. The number of hydrogen-bond donors (Lipinski definition) is 1. The highest BCUT2D eigenvalue weighted by Crippen LogP contribution is 2.35. The van der Waals surface area contributed by atoms with E-state index in [-0.39, 0.29) is 5.25 Å². The van der Waals surface area contributed by atoms with Gasteiger partial charge in [-0.2, -0.15) is 0 Å². The van der Waals surface area contributed by atoms with Gasteiger partial charge in [0.25, 0.3) is 0 Å². The molecule has 2 rings (SSSR count). The fourth-order valence-electron chi connectivity index (χ4n) is 3.00. The summed E-state index contributed by atoms with van der Waals surface area (Å²) in [5.41, 5.74) is 7.28. The van der Waals surface area contributed by atoms with Crippen LogP contribution in [0.1, 0.15) is 44.6 Å². The Balaban J connectivity index is 2.31. The first-order valence-corrected chi connectivity index (χ1v) is 8.59. The number of nitrogens with two attached hydrogens (primary N) is 1. The van der Waals surface area contributed by atoms with E-state index in [4.69, 9.17) is 5.73 Å². The first-order valence-electron chi connectivity index (χ1n) is 7.05. The Labute approximate surface area is 116 Å². The van der Waals surface area contributed by atoms with Crippen molar-refractivity contribution in [1.29, 1.82) is 0 Å². The second-order valence-electron chi connectivity index (χ2n) is 5.65. The van der Waals surface area contributed by atoms with E-state index in [1.54, 1.807) is 12.1 Å². The van der Waals surface area contributed by atoms with E-state index in [1.165, 1.54) is 0 Å². The summed E-state index contributed by atoms with van der Waals surface area (Å²) in [6.07, 6.45) is 4.79. The molecule has 2 atom stereocenters. The monoisotopic (exact) mass is 281 g/mol. The Hall–Kier alpha value is -1.03. The van der Waals surface area contributed by atoms with Gasteiger partial charge in [-0.25, -0.2) is 8.42 Å². The van der Waals surface area contributed by atoms with Gasteiger partial charge >= 0.3 is 0 Å². The highest BCUT2D eigenvalue weighted by atomic mass is 32.2. The Morgan fingerprint density at radius 2 is 2.05 bits per heavy atom. The fraction of sp³-hybridized carbons (Fsp3) is 0.600. The van der Waals surface area contributed by atoms with E-state index in [0.717, 1.165) is 37.7 Å². The average molecular weight is 281 g/mol. The van der Waals surface area contributed by atoms with Crippen molar-refractivity contribution in [2.45, 2.75) is 56.1 Å². The smallest absolute Gasteiger partial charge is 0.183 e. The predicted octanol–water partition coefficient (Wildman–Crippen LogP) is 3.32. The third-order valence-corrected chi connectivity index (χ3v) is 6.51. The van der Waals surface area contributed by atoms with Gasteiger partial charge < -0.3 is 5.73 Å². The van der Waals surface area contributed by atoms with Crippen molar-refractivity contribution >= 4 is 15.5 Å². The first-order chi connectivity index (χ1) is 8.95. The van der Waals surface area contributed by atoms with Crippen molar-refractivity contribution in [1.82, 2.24) is 0 Å². The van der Waals surface area contributed by atoms with Crippen molar-refractivity contribution in [3.8, 4) is 0 Å². The zero-order valence-corrected chi connectivity index (χ0v) is 12.5. The topological polar surface area (TPSA) is 60.2 Å². The first kappa shape index (κ1) is 14.4. The lowest BCUT2D eigenvalue weighted by Gasteiger charge is -2.28. The molecule has 4 heteroatoms. The normalized spacial score (nSPS) is 24.3. The highest BCUT2D eigenvalue weighted by Gasteiger charge is 2.33. The molecular formula is C15H23NO2S. The van der Waals surface area contributed by atoms with Crippen LogP contribution >= 0.6 is 0 Å². The highest BCUT2D eigenvalue weighted by molar-refractivity contribution is 7.92. The number of sulfone groups is 1. The predicted molar refractivity (Wildman–Crippen MR) is 78.8 cm³/mol. The van der Waals surface area contributed by atoms with E-state index in [2.05, 4.69) is 6.92 Å². The van der Waals surface area contributed by atoms with Crippen molar-refractivity contribution in [3.05, 3.63) is 23.8 Å². The molecule has 0 bridgehead atoms. The third-order valence-electron chi connectivity index (χ3n) is 4.22. The molecule has 3 nitrogen and oxygen atoms in total. The quantitative estimate of drug-likeness (QED) is 0.865.